The molecule has 3 amide bonds. The van der Waals surface area contributed by atoms with Crippen LogP contribution in [0.25, 0.3) is 0 Å². The van der Waals surface area contributed by atoms with E-state index in [1.165, 1.54) is 11.0 Å². The number of hydrogen-bond acceptors (Lipinski definition) is 6. The van der Waals surface area contributed by atoms with Gasteiger partial charge in [0, 0.05) is 24.1 Å². The van der Waals surface area contributed by atoms with E-state index in [0.29, 0.717) is 30.6 Å². The molecule has 0 aromatic heterocycles. The molecule has 1 aromatic carbocycles. The fourth-order valence-corrected chi connectivity index (χ4v) is 3.97. The number of halogens is 1. The van der Waals surface area contributed by atoms with Gasteiger partial charge >= 0.3 is 5.97 Å². The topological polar surface area (TPSA) is 93.2 Å². The van der Waals surface area contributed by atoms with Crippen LogP contribution < -0.4 is 14.5 Å². The normalized spacial score (nSPS) is 15.2. The van der Waals surface area contributed by atoms with Crippen LogP contribution in [0.15, 0.2) is 23.3 Å². The number of nitrogens with zero attached hydrogens (tertiary/aromatic N) is 2. The van der Waals surface area contributed by atoms with Crippen molar-refractivity contribution in [2.75, 3.05) is 29.6 Å². The number of esters is 1. The summed E-state index contributed by atoms with van der Waals surface area (Å²) in [5.41, 5.74) is 0.145. The number of benzene rings is 1. The molecule has 0 radical (unpaired) electrons. The van der Waals surface area contributed by atoms with Crippen LogP contribution in [0.1, 0.15) is 52.4 Å². The van der Waals surface area contributed by atoms with E-state index in [0.717, 1.165) is 19.4 Å². The smallest absolute Gasteiger partial charge is 0.334 e. The maximum absolute atomic E-state index is 15.1. The number of rotatable bonds is 7. The molecule has 0 N–H and O–H groups in total. The van der Waals surface area contributed by atoms with Gasteiger partial charge in [-0.05, 0) is 38.2 Å². The summed E-state index contributed by atoms with van der Waals surface area (Å²) < 4.78 is 25.7. The van der Waals surface area contributed by atoms with Gasteiger partial charge in [0.05, 0.1) is 24.5 Å². The minimum atomic E-state index is -0.888. The van der Waals surface area contributed by atoms with Gasteiger partial charge in [0.25, 0.3) is 11.8 Å². The molecule has 9 heteroatoms. The van der Waals surface area contributed by atoms with Crippen molar-refractivity contribution in [1.29, 1.82) is 0 Å². The standard InChI is InChI=1S/C25H27FN2O6/c1-4-6-12-33-25(32)18-10-8-7-9-17(18)24(31)28(16(3)29)20-14-21-22(13-19(20)26)34-15-23(30)27(21)11-5-2/h2,13-14H,4,6-12,15H2,1,3H3. The summed E-state index contributed by atoms with van der Waals surface area (Å²) in [6.07, 6.45) is 8.83. The quantitative estimate of drug-likeness (QED) is 0.345. The van der Waals surface area contributed by atoms with Crippen LogP contribution in [0.4, 0.5) is 15.8 Å². The first-order valence-electron chi connectivity index (χ1n) is 11.2. The Morgan fingerprint density at radius 1 is 1.24 bits per heavy atom. The summed E-state index contributed by atoms with van der Waals surface area (Å²) >= 11 is 0. The van der Waals surface area contributed by atoms with Crippen molar-refractivity contribution in [2.45, 2.75) is 52.4 Å². The van der Waals surface area contributed by atoms with Crippen molar-refractivity contribution in [2.24, 2.45) is 0 Å². The van der Waals surface area contributed by atoms with Crippen molar-refractivity contribution in [1.82, 2.24) is 0 Å². The van der Waals surface area contributed by atoms with E-state index in [-0.39, 0.29) is 54.4 Å². The third-order valence-corrected chi connectivity index (χ3v) is 5.68. The van der Waals surface area contributed by atoms with E-state index in [1.54, 1.807) is 0 Å². The molecule has 1 heterocycles. The number of ether oxygens (including phenoxy) is 2. The van der Waals surface area contributed by atoms with Gasteiger partial charge in [-0.15, -0.1) is 6.42 Å². The van der Waals surface area contributed by atoms with E-state index >= 15 is 4.39 Å². The van der Waals surface area contributed by atoms with Gasteiger partial charge < -0.3 is 9.47 Å². The summed E-state index contributed by atoms with van der Waals surface area (Å²) in [6, 6.07) is 2.21. The molecular formula is C25H27FN2O6. The lowest BCUT2D eigenvalue weighted by molar-refractivity contribution is -0.140. The molecule has 3 rings (SSSR count). The predicted octanol–water partition coefficient (Wildman–Crippen LogP) is 3.28. The van der Waals surface area contributed by atoms with Crippen LogP contribution in [-0.4, -0.2) is 43.4 Å². The van der Waals surface area contributed by atoms with Crippen molar-refractivity contribution in [3.05, 3.63) is 29.1 Å². The van der Waals surface area contributed by atoms with Crippen LogP contribution in [0.5, 0.6) is 5.75 Å². The Bertz CT molecular complexity index is 1090. The molecule has 8 nitrogen and oxygen atoms in total. The number of carbonyl (C=O) groups excluding carboxylic acids is 4. The first-order chi connectivity index (χ1) is 16.3. The number of amides is 3. The second kappa shape index (κ2) is 11.0. The third kappa shape index (κ3) is 5.11. The number of terminal acetylenes is 1. The van der Waals surface area contributed by atoms with Crippen LogP contribution in [0.3, 0.4) is 0 Å². The number of carbonyl (C=O) groups is 4. The molecule has 0 saturated heterocycles. The van der Waals surface area contributed by atoms with Gasteiger partial charge in [-0.3, -0.25) is 19.3 Å². The molecule has 2 aliphatic rings. The molecule has 180 valence electrons. The molecular weight excluding hydrogens is 443 g/mol. The van der Waals surface area contributed by atoms with Gasteiger partial charge in [-0.25, -0.2) is 14.1 Å². The van der Waals surface area contributed by atoms with Gasteiger partial charge in [0.1, 0.15) is 5.75 Å². The summed E-state index contributed by atoms with van der Waals surface area (Å²) in [7, 11) is 0. The minimum absolute atomic E-state index is 0.0733. The van der Waals surface area contributed by atoms with Crippen LogP contribution >= 0.6 is 0 Å². The molecule has 0 fully saturated rings. The molecule has 1 aliphatic heterocycles. The zero-order valence-electron chi connectivity index (χ0n) is 19.3. The van der Waals surface area contributed by atoms with Crippen molar-refractivity contribution in [3.8, 4) is 18.1 Å². The van der Waals surface area contributed by atoms with E-state index in [2.05, 4.69) is 5.92 Å². The maximum Gasteiger partial charge on any atom is 0.334 e. The molecule has 0 saturated carbocycles. The molecule has 1 aliphatic carbocycles. The molecule has 0 atom stereocenters. The Kier molecular flexibility index (Phi) is 8.05. The van der Waals surface area contributed by atoms with Gasteiger partial charge in [-0.2, -0.15) is 0 Å². The highest BCUT2D eigenvalue weighted by molar-refractivity contribution is 6.22. The van der Waals surface area contributed by atoms with E-state index in [4.69, 9.17) is 15.9 Å². The SMILES string of the molecule is C#CCN1C(=O)COc2cc(F)c(N(C(C)=O)C(=O)C3=C(C(=O)OCCCC)CCCC3)cc21. The molecule has 0 unspecified atom stereocenters. The lowest BCUT2D eigenvalue weighted by Gasteiger charge is -2.30. The Balaban J connectivity index is 2.04. The minimum Gasteiger partial charge on any atom is -0.481 e. The van der Waals surface area contributed by atoms with Gasteiger partial charge in [0.15, 0.2) is 12.4 Å². The third-order valence-electron chi connectivity index (χ3n) is 5.68. The Morgan fingerprint density at radius 3 is 2.59 bits per heavy atom. The Labute approximate surface area is 197 Å². The zero-order chi connectivity index (χ0) is 24.8. The highest BCUT2D eigenvalue weighted by Crippen LogP contribution is 2.39. The largest absolute Gasteiger partial charge is 0.481 e. The Hall–Kier alpha value is -3.67. The summed E-state index contributed by atoms with van der Waals surface area (Å²) in [6.45, 7) is 2.92. The molecule has 1 aromatic rings. The summed E-state index contributed by atoms with van der Waals surface area (Å²) in [4.78, 5) is 52.9. The second-order valence-corrected chi connectivity index (χ2v) is 8.06. The highest BCUT2D eigenvalue weighted by atomic mass is 19.1. The molecule has 34 heavy (non-hydrogen) atoms. The predicted molar refractivity (Wildman–Crippen MR) is 123 cm³/mol. The van der Waals surface area contributed by atoms with Gasteiger partial charge in [0.2, 0.25) is 5.91 Å². The van der Waals surface area contributed by atoms with E-state index in [1.807, 2.05) is 6.92 Å². The van der Waals surface area contributed by atoms with Crippen molar-refractivity contribution < 1.29 is 33.0 Å². The van der Waals surface area contributed by atoms with E-state index < -0.39 is 29.5 Å². The molecule has 0 bridgehead atoms. The van der Waals surface area contributed by atoms with Crippen LogP contribution in [0, 0.1) is 18.2 Å². The number of hydrogen-bond donors (Lipinski definition) is 0. The first-order valence-corrected chi connectivity index (χ1v) is 11.2. The average Bonchev–Trinajstić information content (AvgIpc) is 2.81. The summed E-state index contributed by atoms with van der Waals surface area (Å²) in [5, 5.41) is 0. The summed E-state index contributed by atoms with van der Waals surface area (Å²) in [5.74, 6) is -1.02. The second-order valence-electron chi connectivity index (χ2n) is 8.06. The number of fused-ring (bicyclic) bond motifs is 1. The number of imide groups is 1. The monoisotopic (exact) mass is 470 g/mol. The highest BCUT2D eigenvalue weighted by Gasteiger charge is 2.34. The van der Waals surface area contributed by atoms with Crippen LogP contribution in [-0.2, 0) is 23.9 Å². The number of unbranched alkanes of at least 4 members (excludes halogenated alkanes) is 1. The number of anilines is 2. The van der Waals surface area contributed by atoms with E-state index in [9.17, 15) is 19.2 Å². The lowest BCUT2D eigenvalue weighted by Crippen LogP contribution is -2.41. The van der Waals surface area contributed by atoms with Crippen molar-refractivity contribution >= 4 is 35.1 Å². The maximum atomic E-state index is 15.1. The Morgan fingerprint density at radius 2 is 1.94 bits per heavy atom. The van der Waals surface area contributed by atoms with Crippen LogP contribution in [0.2, 0.25) is 0 Å². The average molecular weight is 470 g/mol. The van der Waals surface area contributed by atoms with Gasteiger partial charge in [-0.1, -0.05) is 19.3 Å². The fourth-order valence-electron chi connectivity index (χ4n) is 3.97. The van der Waals surface area contributed by atoms with Crippen molar-refractivity contribution in [3.63, 3.8) is 0 Å². The zero-order valence-corrected chi connectivity index (χ0v) is 19.3. The fraction of sp³-hybridized carbons (Fsp3) is 0.440. The lowest BCUT2D eigenvalue weighted by atomic mass is 9.90. The first kappa shape index (κ1) is 25.0. The molecule has 0 spiro atoms.